The fraction of sp³-hybridized carbons (Fsp3) is 0.778. The van der Waals surface area contributed by atoms with Crippen molar-refractivity contribution >= 4 is 11.9 Å². The minimum Gasteiger partial charge on any atom is -0.444 e. The molecule has 14 heavy (non-hydrogen) atoms. The summed E-state index contributed by atoms with van der Waals surface area (Å²) < 4.78 is 5.13. The molecule has 0 atom stereocenters. The Balaban J connectivity index is 4.25. The molecule has 0 saturated carbocycles. The van der Waals surface area contributed by atoms with E-state index in [-0.39, 0.29) is 12.4 Å². The number of hydrogen-bond donors (Lipinski definition) is 2. The van der Waals surface area contributed by atoms with Crippen LogP contribution in [0.4, 0.5) is 4.79 Å². The summed E-state index contributed by atoms with van der Waals surface area (Å²) >= 11 is 0. The first-order valence-corrected chi connectivity index (χ1v) is 4.57. The van der Waals surface area contributed by atoms with Gasteiger partial charge in [-0.05, 0) is 27.7 Å². The molecule has 0 radical (unpaired) electrons. The normalized spacial score (nSPS) is 10.9. The Bertz CT molecular complexity index is 221. The monoisotopic (exact) mass is 201 g/mol. The Morgan fingerprint density at radius 3 is 2.29 bits per heavy atom. The Morgan fingerprint density at radius 1 is 1.50 bits per heavy atom. The number of rotatable bonds is 3. The molecule has 0 rings (SSSR count). The van der Waals surface area contributed by atoms with Gasteiger partial charge in [0, 0.05) is 6.54 Å². The van der Waals surface area contributed by atoms with Crippen molar-refractivity contribution in [2.24, 2.45) is 5.73 Å². The van der Waals surface area contributed by atoms with Crippen LogP contribution in [0.25, 0.3) is 0 Å². The lowest BCUT2D eigenvalue weighted by Gasteiger charge is -2.26. The van der Waals surface area contributed by atoms with Crippen LogP contribution in [-0.4, -0.2) is 35.5 Å². The van der Waals surface area contributed by atoms with E-state index >= 15 is 0 Å². The molecule has 0 aromatic rings. The van der Waals surface area contributed by atoms with E-state index in [1.807, 2.05) is 6.92 Å². The summed E-state index contributed by atoms with van der Waals surface area (Å²) in [6.45, 7) is 7.80. The van der Waals surface area contributed by atoms with E-state index in [0.717, 1.165) is 0 Å². The van der Waals surface area contributed by atoms with E-state index in [2.05, 4.69) is 0 Å². The fourth-order valence-corrected chi connectivity index (χ4v) is 0.838. The topological polar surface area (TPSA) is 79.4 Å². The molecular formula is C9H19N3O2. The van der Waals surface area contributed by atoms with E-state index in [0.29, 0.717) is 6.54 Å². The molecule has 0 spiro atoms. The zero-order valence-electron chi connectivity index (χ0n) is 9.26. The Hall–Kier alpha value is -1.26. The summed E-state index contributed by atoms with van der Waals surface area (Å²) in [5.74, 6) is -0.0438. The average molecular weight is 201 g/mol. The molecule has 0 aliphatic heterocycles. The lowest BCUT2D eigenvalue weighted by atomic mass is 10.2. The Labute approximate surface area is 84.7 Å². The molecular weight excluding hydrogens is 182 g/mol. The first-order chi connectivity index (χ1) is 6.26. The highest BCUT2D eigenvalue weighted by atomic mass is 16.6. The summed E-state index contributed by atoms with van der Waals surface area (Å²) in [6, 6.07) is 0. The average Bonchev–Trinajstić information content (AvgIpc) is 1.96. The molecule has 0 aliphatic carbocycles. The van der Waals surface area contributed by atoms with Crippen LogP contribution in [0.5, 0.6) is 0 Å². The van der Waals surface area contributed by atoms with Crippen molar-refractivity contribution in [3.8, 4) is 0 Å². The zero-order chi connectivity index (χ0) is 11.4. The first kappa shape index (κ1) is 12.7. The molecule has 0 aromatic heterocycles. The Morgan fingerprint density at radius 2 is 2.00 bits per heavy atom. The predicted octanol–water partition coefficient (Wildman–Crippen LogP) is 1.18. The maximum absolute atomic E-state index is 11.5. The van der Waals surface area contributed by atoms with E-state index in [4.69, 9.17) is 15.9 Å². The van der Waals surface area contributed by atoms with Crippen LogP contribution in [0.3, 0.4) is 0 Å². The lowest BCUT2D eigenvalue weighted by Crippen LogP contribution is -2.41. The van der Waals surface area contributed by atoms with E-state index in [1.54, 1.807) is 20.8 Å². The second-order valence-corrected chi connectivity index (χ2v) is 4.02. The van der Waals surface area contributed by atoms with Crippen molar-refractivity contribution < 1.29 is 9.53 Å². The van der Waals surface area contributed by atoms with Crippen LogP contribution < -0.4 is 5.73 Å². The zero-order valence-corrected chi connectivity index (χ0v) is 9.26. The fourth-order valence-electron chi connectivity index (χ4n) is 0.838. The largest absolute Gasteiger partial charge is 0.444 e. The van der Waals surface area contributed by atoms with Crippen LogP contribution in [-0.2, 0) is 4.74 Å². The lowest BCUT2D eigenvalue weighted by molar-refractivity contribution is 0.0287. The molecule has 0 heterocycles. The summed E-state index contributed by atoms with van der Waals surface area (Å²) in [5.41, 5.74) is 4.69. The molecule has 1 amide bonds. The molecule has 0 bridgehead atoms. The van der Waals surface area contributed by atoms with Gasteiger partial charge in [-0.2, -0.15) is 0 Å². The molecule has 0 fully saturated rings. The van der Waals surface area contributed by atoms with Crippen LogP contribution in [0, 0.1) is 5.41 Å². The molecule has 5 heteroatoms. The van der Waals surface area contributed by atoms with Gasteiger partial charge in [-0.1, -0.05) is 0 Å². The van der Waals surface area contributed by atoms with Gasteiger partial charge >= 0.3 is 6.09 Å². The van der Waals surface area contributed by atoms with Crippen molar-refractivity contribution in [1.29, 1.82) is 5.41 Å². The van der Waals surface area contributed by atoms with Crippen LogP contribution >= 0.6 is 0 Å². The van der Waals surface area contributed by atoms with Crippen LogP contribution in [0.1, 0.15) is 27.7 Å². The predicted molar refractivity (Wildman–Crippen MR) is 55.4 cm³/mol. The third-order valence-corrected chi connectivity index (χ3v) is 1.39. The summed E-state index contributed by atoms with van der Waals surface area (Å²) in [7, 11) is 0. The van der Waals surface area contributed by atoms with Gasteiger partial charge in [0.25, 0.3) is 0 Å². The van der Waals surface area contributed by atoms with Crippen molar-refractivity contribution in [1.82, 2.24) is 4.90 Å². The van der Waals surface area contributed by atoms with Gasteiger partial charge in [-0.15, -0.1) is 0 Å². The third kappa shape index (κ3) is 5.40. The molecule has 0 aromatic carbocycles. The molecule has 0 unspecified atom stereocenters. The van der Waals surface area contributed by atoms with Crippen LogP contribution in [0.2, 0.25) is 0 Å². The van der Waals surface area contributed by atoms with E-state index in [9.17, 15) is 4.79 Å². The molecule has 5 nitrogen and oxygen atoms in total. The highest BCUT2D eigenvalue weighted by Crippen LogP contribution is 2.09. The second-order valence-electron chi connectivity index (χ2n) is 4.02. The van der Waals surface area contributed by atoms with Crippen molar-refractivity contribution in [2.75, 3.05) is 13.1 Å². The van der Waals surface area contributed by atoms with Gasteiger partial charge in [0.1, 0.15) is 11.4 Å². The maximum Gasteiger partial charge on any atom is 0.410 e. The number of nitrogens with two attached hydrogens (primary N) is 1. The van der Waals surface area contributed by atoms with Gasteiger partial charge in [-0.3, -0.25) is 5.41 Å². The summed E-state index contributed by atoms with van der Waals surface area (Å²) in [4.78, 5) is 12.9. The van der Waals surface area contributed by atoms with Gasteiger partial charge in [0.05, 0.1) is 6.54 Å². The number of carbonyl (C=O) groups is 1. The Kier molecular flexibility index (Phi) is 4.40. The molecule has 0 saturated heterocycles. The van der Waals surface area contributed by atoms with Crippen molar-refractivity contribution in [3.63, 3.8) is 0 Å². The van der Waals surface area contributed by atoms with Gasteiger partial charge < -0.3 is 15.4 Å². The van der Waals surface area contributed by atoms with E-state index in [1.165, 1.54) is 4.90 Å². The number of nitrogens with one attached hydrogen (secondary N) is 1. The highest BCUT2D eigenvalue weighted by Gasteiger charge is 2.21. The summed E-state index contributed by atoms with van der Waals surface area (Å²) in [5, 5.41) is 7.08. The van der Waals surface area contributed by atoms with Gasteiger partial charge in [-0.25, -0.2) is 4.79 Å². The number of amides is 1. The first-order valence-electron chi connectivity index (χ1n) is 4.57. The van der Waals surface area contributed by atoms with Crippen LogP contribution in [0.15, 0.2) is 0 Å². The number of amidine groups is 1. The number of hydrogen-bond acceptors (Lipinski definition) is 3. The molecule has 0 aliphatic rings. The van der Waals surface area contributed by atoms with Crippen molar-refractivity contribution in [2.45, 2.75) is 33.3 Å². The number of nitrogens with zero attached hydrogens (tertiary/aromatic N) is 1. The minimum atomic E-state index is -0.513. The van der Waals surface area contributed by atoms with Gasteiger partial charge in [0.2, 0.25) is 0 Å². The smallest absolute Gasteiger partial charge is 0.410 e. The van der Waals surface area contributed by atoms with Crippen molar-refractivity contribution in [3.05, 3.63) is 0 Å². The highest BCUT2D eigenvalue weighted by molar-refractivity contribution is 5.82. The number of carbonyl (C=O) groups excluding carboxylic acids is 1. The molecule has 3 N–H and O–H groups in total. The van der Waals surface area contributed by atoms with Gasteiger partial charge in [0.15, 0.2) is 0 Å². The summed E-state index contributed by atoms with van der Waals surface area (Å²) in [6.07, 6.45) is -0.435. The quantitative estimate of drug-likeness (QED) is 0.531. The minimum absolute atomic E-state index is 0.0438. The SMILES string of the molecule is CCN(CC(=N)N)C(=O)OC(C)(C)C. The standard InChI is InChI=1S/C9H19N3O2/c1-5-12(6-7(10)11)8(13)14-9(2,3)4/h5-6H2,1-4H3,(H3,10,11). The number of ether oxygens (including phenoxy) is 1. The maximum atomic E-state index is 11.5. The third-order valence-electron chi connectivity index (χ3n) is 1.39. The second kappa shape index (κ2) is 4.83. The molecule has 82 valence electrons. The van der Waals surface area contributed by atoms with E-state index < -0.39 is 11.7 Å². The number of likely N-dealkylation sites (N-methyl/N-ethyl adjacent to an activating group) is 1.